The van der Waals surface area contributed by atoms with Gasteiger partial charge in [0.25, 0.3) is 5.91 Å². The zero-order chi connectivity index (χ0) is 34.5. The van der Waals surface area contributed by atoms with Gasteiger partial charge in [-0.1, -0.05) is 44.2 Å². The molecule has 3 aromatic rings. The summed E-state index contributed by atoms with van der Waals surface area (Å²) in [4.78, 5) is 81.0. The van der Waals surface area contributed by atoms with Crippen LogP contribution < -0.4 is 5.32 Å². The molecule has 2 aromatic carbocycles. The molecule has 0 bridgehead atoms. The van der Waals surface area contributed by atoms with Crippen molar-refractivity contribution in [1.82, 2.24) is 25.0 Å². The van der Waals surface area contributed by atoms with Gasteiger partial charge in [0.15, 0.2) is 0 Å². The molecule has 4 N–H and O–H groups in total. The van der Waals surface area contributed by atoms with Crippen molar-refractivity contribution in [2.24, 2.45) is 5.92 Å². The molecule has 1 aromatic heterocycles. The second-order valence-corrected chi connectivity index (χ2v) is 14.7. The van der Waals surface area contributed by atoms with Crippen LogP contribution in [0.2, 0.25) is 0 Å². The first-order valence-corrected chi connectivity index (χ1v) is 17.6. The number of benzene rings is 2. The average molecular weight is 686 g/mol. The molecule has 6 rings (SSSR count). The highest BCUT2D eigenvalue weighted by Crippen LogP contribution is 2.59. The Kier molecular flexibility index (Phi) is 8.95. The number of aromatic amines is 1. The Labute approximate surface area is 275 Å². The predicted octanol–water partition coefficient (Wildman–Crippen LogP) is 3.33. The monoisotopic (exact) mass is 685 g/mol. The van der Waals surface area contributed by atoms with E-state index in [1.807, 2.05) is 24.3 Å². The van der Waals surface area contributed by atoms with Crippen molar-refractivity contribution in [3.8, 4) is 0 Å². The number of alkyl halides is 2. The maximum absolute atomic E-state index is 14.4. The van der Waals surface area contributed by atoms with Gasteiger partial charge in [0.1, 0.15) is 17.8 Å². The third-order valence-corrected chi connectivity index (χ3v) is 10.6. The van der Waals surface area contributed by atoms with Gasteiger partial charge in [-0.15, -0.1) is 0 Å². The lowest BCUT2D eigenvalue weighted by Crippen LogP contribution is -2.61. The van der Waals surface area contributed by atoms with Crippen LogP contribution in [0.1, 0.15) is 60.3 Å². The Balaban J connectivity index is 1.26. The Hall–Kier alpha value is -4.13. The van der Waals surface area contributed by atoms with Crippen molar-refractivity contribution in [3.05, 3.63) is 70.9 Å². The van der Waals surface area contributed by atoms with Crippen LogP contribution in [-0.2, 0) is 37.6 Å². The fourth-order valence-corrected chi connectivity index (χ4v) is 7.51. The molecule has 0 spiro atoms. The van der Waals surface area contributed by atoms with Crippen molar-refractivity contribution in [2.45, 2.75) is 69.9 Å². The van der Waals surface area contributed by atoms with Crippen molar-refractivity contribution in [3.63, 3.8) is 0 Å². The first kappa shape index (κ1) is 33.8. The molecular weight excluding hydrogens is 647 g/mol. The molecule has 48 heavy (non-hydrogen) atoms. The van der Waals surface area contributed by atoms with Gasteiger partial charge in [0, 0.05) is 54.6 Å². The summed E-state index contributed by atoms with van der Waals surface area (Å²) in [6.45, 7) is 4.67. The number of H-pyrrole nitrogens is 1. The summed E-state index contributed by atoms with van der Waals surface area (Å²) in [7, 11) is -5.81. The van der Waals surface area contributed by atoms with Crippen LogP contribution in [-0.4, -0.2) is 90.9 Å². The molecule has 0 saturated carbocycles. The van der Waals surface area contributed by atoms with Crippen LogP contribution in [0, 0.1) is 5.92 Å². The van der Waals surface area contributed by atoms with E-state index < -0.39 is 42.7 Å². The van der Waals surface area contributed by atoms with Gasteiger partial charge < -0.3 is 34.8 Å². The van der Waals surface area contributed by atoms with Crippen LogP contribution in [0.5, 0.6) is 0 Å². The maximum Gasteiger partial charge on any atom is 0.399 e. The second-order valence-electron chi connectivity index (χ2n) is 13.1. The summed E-state index contributed by atoms with van der Waals surface area (Å²) in [5, 5.41) is 2.82. The molecule has 12 nitrogen and oxygen atoms in total. The van der Waals surface area contributed by atoms with Crippen molar-refractivity contribution in [1.29, 1.82) is 0 Å². The van der Waals surface area contributed by atoms with Crippen molar-refractivity contribution < 1.29 is 42.3 Å². The smallest absolute Gasteiger partial charge is 0.351 e. The lowest BCUT2D eigenvalue weighted by Gasteiger charge is -2.40. The van der Waals surface area contributed by atoms with Gasteiger partial charge in [-0.2, -0.15) is 8.78 Å². The number of carbonyl (C=O) groups is 4. The highest BCUT2D eigenvalue weighted by atomic mass is 31.2. The molecular formula is C33H38F2N5O7P. The summed E-state index contributed by atoms with van der Waals surface area (Å²) < 4.78 is 40.1. The number of carbonyl (C=O) groups excluding carboxylic acids is 4. The molecule has 3 aliphatic heterocycles. The van der Waals surface area contributed by atoms with Crippen molar-refractivity contribution in [2.75, 3.05) is 19.6 Å². The fourth-order valence-electron chi connectivity index (χ4n) is 7.03. The second kappa shape index (κ2) is 12.7. The van der Waals surface area contributed by atoms with E-state index in [1.54, 1.807) is 28.5 Å². The van der Waals surface area contributed by atoms with E-state index in [9.17, 15) is 32.5 Å². The van der Waals surface area contributed by atoms with Gasteiger partial charge in [-0.25, -0.2) is 0 Å². The molecule has 0 radical (unpaired) electrons. The van der Waals surface area contributed by atoms with Gasteiger partial charge in [0.2, 0.25) is 17.7 Å². The number of amides is 4. The zero-order valence-corrected chi connectivity index (χ0v) is 27.5. The number of fused-ring (bicyclic) bond motifs is 3. The number of halogens is 2. The van der Waals surface area contributed by atoms with E-state index in [2.05, 4.69) is 10.3 Å². The van der Waals surface area contributed by atoms with Crippen LogP contribution in [0.4, 0.5) is 8.78 Å². The number of rotatable bonds is 6. The molecule has 0 unspecified atom stereocenters. The third kappa shape index (κ3) is 6.24. The van der Waals surface area contributed by atoms with E-state index in [0.29, 0.717) is 45.3 Å². The lowest BCUT2D eigenvalue weighted by atomic mass is 9.99. The Morgan fingerprint density at radius 1 is 1.00 bits per heavy atom. The molecule has 256 valence electrons. The Morgan fingerprint density at radius 2 is 1.73 bits per heavy atom. The molecule has 4 heterocycles. The van der Waals surface area contributed by atoms with Crippen LogP contribution in [0.3, 0.4) is 0 Å². The number of hydrogen-bond donors (Lipinski definition) is 4. The summed E-state index contributed by atoms with van der Waals surface area (Å²) in [6.07, 6.45) is 2.22. The van der Waals surface area contributed by atoms with Crippen LogP contribution >= 0.6 is 7.60 Å². The first-order chi connectivity index (χ1) is 22.7. The maximum atomic E-state index is 14.4. The largest absolute Gasteiger partial charge is 0.399 e. The standard InChI is InChI=1S/C33H38F2N5O7P/c1-19(2)30(42)39-14-12-24-8-10-28(32(44)38-13-11-20-5-3-4-6-21(20)17-38)40(24)31(43)27(18-39)37-29(41)26-16-22-15-23(7-9-25(22)36-26)33(34,35)48(45,46)47/h3-7,9,15-16,19,24,27-28,36H,8,10-14,17-18H2,1-2H3,(H,37,41)(H2,45,46,47)/t24-,27+,28+/m1/s1. The van der Waals surface area contributed by atoms with E-state index in [-0.39, 0.29) is 46.9 Å². The zero-order valence-electron chi connectivity index (χ0n) is 26.6. The topological polar surface area (TPSA) is 163 Å². The fraction of sp³-hybridized carbons (Fsp3) is 0.455. The highest BCUT2D eigenvalue weighted by Gasteiger charge is 2.50. The molecule has 4 amide bonds. The SMILES string of the molecule is CC(C)C(=O)N1CC[C@H]2CC[C@@H](C(=O)N3CCc4ccccc4C3)N2C(=O)[C@@H](NC(=O)c2cc3cc(C(F)(F)P(=O)(O)O)ccc3[nH]2)C1. The average Bonchev–Trinajstić information content (AvgIpc) is 3.67. The van der Waals surface area contributed by atoms with E-state index in [0.717, 1.165) is 17.7 Å². The summed E-state index contributed by atoms with van der Waals surface area (Å²) in [5.41, 5.74) is -2.93. The molecule has 0 aliphatic carbocycles. The minimum Gasteiger partial charge on any atom is -0.351 e. The van der Waals surface area contributed by atoms with Crippen molar-refractivity contribution >= 4 is 42.1 Å². The van der Waals surface area contributed by atoms with E-state index in [1.165, 1.54) is 17.7 Å². The number of nitrogens with one attached hydrogen (secondary N) is 2. The van der Waals surface area contributed by atoms with Crippen LogP contribution in [0.25, 0.3) is 10.9 Å². The first-order valence-electron chi connectivity index (χ1n) is 16.0. The summed E-state index contributed by atoms with van der Waals surface area (Å²) in [6, 6.07) is 9.87. The summed E-state index contributed by atoms with van der Waals surface area (Å²) >= 11 is 0. The quantitative estimate of drug-likeness (QED) is 0.289. The molecule has 3 aliphatic rings. The van der Waals surface area contributed by atoms with Gasteiger partial charge >= 0.3 is 13.3 Å². The third-order valence-electron chi connectivity index (χ3n) is 9.61. The number of nitrogens with zero attached hydrogens (tertiary/aromatic N) is 3. The Morgan fingerprint density at radius 3 is 2.44 bits per heavy atom. The minimum absolute atomic E-state index is 0.0872. The minimum atomic E-state index is -5.81. The Bertz CT molecular complexity index is 1820. The van der Waals surface area contributed by atoms with Gasteiger partial charge in [0.05, 0.1) is 0 Å². The van der Waals surface area contributed by atoms with Crippen LogP contribution in [0.15, 0.2) is 48.5 Å². The lowest BCUT2D eigenvalue weighted by molar-refractivity contribution is -0.149. The predicted molar refractivity (Wildman–Crippen MR) is 171 cm³/mol. The number of aromatic nitrogens is 1. The molecule has 15 heteroatoms. The normalized spacial score (nSPS) is 21.9. The summed E-state index contributed by atoms with van der Waals surface area (Å²) in [5.74, 6) is -1.93. The van der Waals surface area contributed by atoms with E-state index in [4.69, 9.17) is 9.79 Å². The van der Waals surface area contributed by atoms with Gasteiger partial charge in [-0.05, 0) is 55.0 Å². The van der Waals surface area contributed by atoms with Gasteiger partial charge in [-0.3, -0.25) is 23.7 Å². The highest BCUT2D eigenvalue weighted by molar-refractivity contribution is 7.52. The molecule has 2 fully saturated rings. The molecule has 2 saturated heterocycles. The molecule has 3 atom stereocenters. The van der Waals surface area contributed by atoms with E-state index >= 15 is 0 Å². The number of hydrogen-bond acceptors (Lipinski definition) is 5.